The van der Waals surface area contributed by atoms with Crippen LogP contribution in [0.15, 0.2) is 48.5 Å². The van der Waals surface area contributed by atoms with Crippen molar-refractivity contribution in [2.45, 2.75) is 0 Å². The Morgan fingerprint density at radius 1 is 1.10 bits per heavy atom. The van der Waals surface area contributed by atoms with Crippen molar-refractivity contribution >= 4 is 17.4 Å². The van der Waals surface area contributed by atoms with Crippen LogP contribution < -0.4 is 10.5 Å². The average Bonchev–Trinajstić information content (AvgIpc) is 2.89. The number of anilines is 1. The lowest BCUT2D eigenvalue weighted by molar-refractivity contribution is 0.416. The third-order valence-corrected chi connectivity index (χ3v) is 3.47. The Kier molecular flexibility index (Phi) is 3.50. The number of ether oxygens (including phenoxy) is 1. The maximum absolute atomic E-state index is 6.18. The second-order valence-electron chi connectivity index (χ2n) is 4.39. The summed E-state index contributed by atoms with van der Waals surface area (Å²) >= 11 is 6.18. The summed E-state index contributed by atoms with van der Waals surface area (Å²) in [4.78, 5) is 0. The van der Waals surface area contributed by atoms with Gasteiger partial charge in [-0.25, -0.2) is 0 Å². The highest BCUT2D eigenvalue weighted by Gasteiger charge is 2.17. The molecule has 0 radical (unpaired) electrons. The van der Waals surface area contributed by atoms with E-state index in [1.165, 1.54) is 4.68 Å². The molecule has 21 heavy (non-hydrogen) atoms. The molecule has 0 aliphatic rings. The number of aromatic nitrogens is 3. The van der Waals surface area contributed by atoms with Crippen LogP contribution in [0.1, 0.15) is 0 Å². The number of rotatable bonds is 3. The number of hydrogen-bond acceptors (Lipinski definition) is 4. The van der Waals surface area contributed by atoms with Gasteiger partial charge in [0, 0.05) is 5.56 Å². The standard InChI is InChI=1S/C15H13ClN4O/c1-21-13-9-5-2-6-10(13)14-15(17)20(19-18-14)12-8-4-3-7-11(12)16/h2-9H,17H2,1H3. The monoisotopic (exact) mass is 300 g/mol. The highest BCUT2D eigenvalue weighted by Crippen LogP contribution is 2.33. The predicted octanol–water partition coefficient (Wildman–Crippen LogP) is 3.18. The maximum atomic E-state index is 6.18. The van der Waals surface area contributed by atoms with Gasteiger partial charge < -0.3 is 10.5 Å². The van der Waals surface area contributed by atoms with Crippen LogP contribution in [-0.4, -0.2) is 22.1 Å². The summed E-state index contributed by atoms with van der Waals surface area (Å²) in [6, 6.07) is 14.8. The molecule has 5 nitrogen and oxygen atoms in total. The molecule has 0 aliphatic carbocycles. The summed E-state index contributed by atoms with van der Waals surface area (Å²) in [7, 11) is 1.60. The van der Waals surface area contributed by atoms with Gasteiger partial charge in [-0.05, 0) is 24.3 Å². The summed E-state index contributed by atoms with van der Waals surface area (Å²) in [6.45, 7) is 0. The van der Waals surface area contributed by atoms with Crippen molar-refractivity contribution in [3.8, 4) is 22.7 Å². The molecule has 0 saturated carbocycles. The van der Waals surface area contributed by atoms with Gasteiger partial charge in [-0.15, -0.1) is 5.10 Å². The average molecular weight is 301 g/mol. The Balaban J connectivity index is 2.14. The number of para-hydroxylation sites is 2. The Bertz CT molecular complexity index is 785. The van der Waals surface area contributed by atoms with E-state index in [1.807, 2.05) is 42.5 Å². The van der Waals surface area contributed by atoms with Crippen LogP contribution in [0.4, 0.5) is 5.82 Å². The number of halogens is 1. The zero-order valence-electron chi connectivity index (χ0n) is 11.3. The molecule has 0 fully saturated rings. The van der Waals surface area contributed by atoms with Crippen molar-refractivity contribution in [3.05, 3.63) is 53.6 Å². The van der Waals surface area contributed by atoms with E-state index >= 15 is 0 Å². The highest BCUT2D eigenvalue weighted by molar-refractivity contribution is 6.32. The number of nitrogens with zero attached hydrogens (tertiary/aromatic N) is 3. The molecule has 2 N–H and O–H groups in total. The number of methoxy groups -OCH3 is 1. The molecule has 6 heteroatoms. The topological polar surface area (TPSA) is 66.0 Å². The zero-order valence-corrected chi connectivity index (χ0v) is 12.1. The van der Waals surface area contributed by atoms with Gasteiger partial charge in [0.25, 0.3) is 0 Å². The van der Waals surface area contributed by atoms with Crippen molar-refractivity contribution in [2.24, 2.45) is 0 Å². The van der Waals surface area contributed by atoms with Gasteiger partial charge in [0.1, 0.15) is 11.4 Å². The summed E-state index contributed by atoms with van der Waals surface area (Å²) in [5.74, 6) is 1.10. The van der Waals surface area contributed by atoms with E-state index in [1.54, 1.807) is 13.2 Å². The summed E-state index contributed by atoms with van der Waals surface area (Å²) in [5, 5.41) is 8.82. The third kappa shape index (κ3) is 2.32. The smallest absolute Gasteiger partial charge is 0.156 e. The van der Waals surface area contributed by atoms with Crippen molar-refractivity contribution in [1.82, 2.24) is 15.0 Å². The summed E-state index contributed by atoms with van der Waals surface area (Å²) < 4.78 is 6.85. The molecule has 0 saturated heterocycles. The quantitative estimate of drug-likeness (QED) is 0.807. The fourth-order valence-electron chi connectivity index (χ4n) is 2.12. The Labute approximate surface area is 126 Å². The van der Waals surface area contributed by atoms with Gasteiger partial charge in [-0.3, -0.25) is 0 Å². The maximum Gasteiger partial charge on any atom is 0.156 e. The molecular formula is C15H13ClN4O. The molecule has 2 aromatic carbocycles. The van der Waals surface area contributed by atoms with E-state index in [0.717, 1.165) is 5.56 Å². The predicted molar refractivity (Wildman–Crippen MR) is 82.8 cm³/mol. The summed E-state index contributed by atoms with van der Waals surface area (Å²) in [6.07, 6.45) is 0. The van der Waals surface area contributed by atoms with Gasteiger partial charge in [-0.2, -0.15) is 4.68 Å². The SMILES string of the molecule is COc1ccccc1-c1nnn(-c2ccccc2Cl)c1N. The van der Waals surface area contributed by atoms with E-state index in [4.69, 9.17) is 22.1 Å². The van der Waals surface area contributed by atoms with Crippen molar-refractivity contribution in [2.75, 3.05) is 12.8 Å². The van der Waals surface area contributed by atoms with Crippen LogP contribution in [-0.2, 0) is 0 Å². The Morgan fingerprint density at radius 3 is 2.57 bits per heavy atom. The Morgan fingerprint density at radius 2 is 1.81 bits per heavy atom. The number of hydrogen-bond donors (Lipinski definition) is 1. The molecule has 0 bridgehead atoms. The normalized spacial score (nSPS) is 10.6. The largest absolute Gasteiger partial charge is 0.496 e. The van der Waals surface area contributed by atoms with E-state index in [-0.39, 0.29) is 0 Å². The van der Waals surface area contributed by atoms with E-state index in [9.17, 15) is 0 Å². The first kappa shape index (κ1) is 13.5. The first-order valence-electron chi connectivity index (χ1n) is 6.32. The molecule has 0 aliphatic heterocycles. The lowest BCUT2D eigenvalue weighted by atomic mass is 10.1. The molecular weight excluding hydrogens is 288 g/mol. The molecule has 0 atom stereocenters. The first-order valence-corrected chi connectivity index (χ1v) is 6.69. The molecule has 1 aromatic heterocycles. The summed E-state index contributed by atoms with van der Waals surface area (Å²) in [5.41, 5.74) is 8.22. The van der Waals surface area contributed by atoms with Gasteiger partial charge >= 0.3 is 0 Å². The van der Waals surface area contributed by atoms with Gasteiger partial charge in [0.2, 0.25) is 0 Å². The molecule has 3 rings (SSSR count). The van der Waals surface area contributed by atoms with Gasteiger partial charge in [0.05, 0.1) is 17.8 Å². The number of nitrogen functional groups attached to an aromatic ring is 1. The second kappa shape index (κ2) is 5.46. The third-order valence-electron chi connectivity index (χ3n) is 3.15. The van der Waals surface area contributed by atoms with Crippen molar-refractivity contribution in [3.63, 3.8) is 0 Å². The minimum Gasteiger partial charge on any atom is -0.496 e. The van der Waals surface area contributed by atoms with Crippen LogP contribution >= 0.6 is 11.6 Å². The minimum absolute atomic E-state index is 0.410. The van der Waals surface area contributed by atoms with Crippen LogP contribution in [0.2, 0.25) is 5.02 Å². The van der Waals surface area contributed by atoms with Gasteiger partial charge in [0.15, 0.2) is 5.82 Å². The van der Waals surface area contributed by atoms with Gasteiger partial charge in [-0.1, -0.05) is 41.1 Å². The molecule has 1 heterocycles. The van der Waals surface area contributed by atoms with Crippen molar-refractivity contribution in [1.29, 1.82) is 0 Å². The van der Waals surface area contributed by atoms with Crippen LogP contribution in [0.25, 0.3) is 16.9 Å². The van der Waals surface area contributed by atoms with Crippen LogP contribution in [0.5, 0.6) is 5.75 Å². The van der Waals surface area contributed by atoms with Crippen LogP contribution in [0.3, 0.4) is 0 Å². The fourth-order valence-corrected chi connectivity index (χ4v) is 2.34. The van der Waals surface area contributed by atoms with Crippen LogP contribution in [0, 0.1) is 0 Å². The number of nitrogens with two attached hydrogens (primary N) is 1. The highest BCUT2D eigenvalue weighted by atomic mass is 35.5. The lowest BCUT2D eigenvalue weighted by Crippen LogP contribution is -2.03. The second-order valence-corrected chi connectivity index (χ2v) is 4.79. The Hall–Kier alpha value is -2.53. The zero-order chi connectivity index (χ0) is 14.8. The molecule has 3 aromatic rings. The van der Waals surface area contributed by atoms with E-state index in [0.29, 0.717) is 28.0 Å². The molecule has 0 unspecified atom stereocenters. The van der Waals surface area contributed by atoms with Crippen molar-refractivity contribution < 1.29 is 4.74 Å². The molecule has 0 amide bonds. The lowest BCUT2D eigenvalue weighted by Gasteiger charge is -2.07. The number of benzene rings is 2. The minimum atomic E-state index is 0.410. The molecule has 0 spiro atoms. The fraction of sp³-hybridized carbons (Fsp3) is 0.0667. The van der Waals surface area contributed by atoms with E-state index in [2.05, 4.69) is 10.3 Å². The molecule has 106 valence electrons. The first-order chi connectivity index (χ1) is 10.2. The van der Waals surface area contributed by atoms with E-state index < -0.39 is 0 Å².